The molecule has 1 aliphatic heterocycles. The van der Waals surface area contributed by atoms with Crippen LogP contribution in [0.3, 0.4) is 0 Å². The van der Waals surface area contributed by atoms with Crippen molar-refractivity contribution in [3.05, 3.63) is 12.8 Å². The van der Waals surface area contributed by atoms with E-state index in [1.807, 2.05) is 0 Å². The molecule has 1 rings (SSSR count). The van der Waals surface area contributed by atoms with E-state index in [-0.39, 0.29) is 25.2 Å². The lowest BCUT2D eigenvalue weighted by Crippen LogP contribution is -2.28. The summed E-state index contributed by atoms with van der Waals surface area (Å²) in [5, 5.41) is 8.46. The molecule has 5 nitrogen and oxygen atoms in total. The predicted octanol–water partition coefficient (Wildman–Crippen LogP) is 0.710. The molecule has 0 saturated carbocycles. The molecule has 2 atom stereocenters. The van der Waals surface area contributed by atoms with E-state index < -0.39 is 5.97 Å². The first-order valence-corrected chi connectivity index (χ1v) is 5.38. The largest absolute Gasteiger partial charge is 0.481 e. The predicted molar refractivity (Wildman–Crippen MR) is 59.2 cm³/mol. The Balaban J connectivity index is 2.24. The highest BCUT2D eigenvalue weighted by molar-refractivity contribution is 5.66. The summed E-state index contributed by atoms with van der Waals surface area (Å²) in [6, 6.07) is 0.247. The highest BCUT2D eigenvalue weighted by Gasteiger charge is 2.29. The third kappa shape index (κ3) is 3.83. The normalized spacial score (nSPS) is 24.7. The van der Waals surface area contributed by atoms with Crippen molar-refractivity contribution in [1.29, 1.82) is 0 Å². The molecule has 16 heavy (non-hydrogen) atoms. The van der Waals surface area contributed by atoms with Crippen LogP contribution in [0.25, 0.3) is 0 Å². The second-order valence-electron chi connectivity index (χ2n) is 3.85. The lowest BCUT2D eigenvalue weighted by Gasteiger charge is -2.21. The average molecular weight is 229 g/mol. The molecule has 1 fully saturated rings. The van der Waals surface area contributed by atoms with E-state index in [0.717, 1.165) is 13.0 Å². The molecule has 0 bridgehead atoms. The smallest absolute Gasteiger partial charge is 0.305 e. The third-order valence-corrected chi connectivity index (χ3v) is 2.76. The van der Waals surface area contributed by atoms with Crippen molar-refractivity contribution in [3.63, 3.8) is 0 Å². The summed E-state index contributed by atoms with van der Waals surface area (Å²) in [7, 11) is 1.69. The van der Waals surface area contributed by atoms with E-state index in [2.05, 4.69) is 11.5 Å². The number of rotatable bonds is 7. The van der Waals surface area contributed by atoms with Crippen molar-refractivity contribution >= 4 is 5.97 Å². The summed E-state index contributed by atoms with van der Waals surface area (Å²) >= 11 is 0. The summed E-state index contributed by atoms with van der Waals surface area (Å²) in [6.07, 6.45) is 2.94. The highest BCUT2D eigenvalue weighted by Crippen LogP contribution is 2.20. The number of carboxylic acid groups (broad SMARTS) is 1. The van der Waals surface area contributed by atoms with Crippen molar-refractivity contribution in [1.82, 2.24) is 4.90 Å². The maximum Gasteiger partial charge on any atom is 0.305 e. The minimum absolute atomic E-state index is 0.0501. The fraction of sp³-hybridized carbons (Fsp3) is 0.727. The minimum Gasteiger partial charge on any atom is -0.481 e. The molecule has 1 heterocycles. The first-order chi connectivity index (χ1) is 7.67. The minimum atomic E-state index is -0.832. The molecule has 0 aromatic heterocycles. The van der Waals surface area contributed by atoms with Gasteiger partial charge in [-0.3, -0.25) is 4.79 Å². The standard InChI is InChI=1S/C11H19NO4/c1-3-12-7-10(15-2)6-9(12)8-16-5-4-11(13)14/h3,9-10H,1,4-8H2,2H3,(H,13,14)/t9-,10+/m0/s1. The van der Waals surface area contributed by atoms with Crippen LogP contribution in [0.4, 0.5) is 0 Å². The molecule has 1 N–H and O–H groups in total. The molecule has 0 spiro atoms. The number of carbonyl (C=O) groups is 1. The molecule has 0 aromatic rings. The Morgan fingerprint density at radius 2 is 2.44 bits per heavy atom. The van der Waals surface area contributed by atoms with Gasteiger partial charge in [0.05, 0.1) is 31.8 Å². The van der Waals surface area contributed by atoms with Gasteiger partial charge in [-0.25, -0.2) is 0 Å². The zero-order chi connectivity index (χ0) is 12.0. The molecule has 0 radical (unpaired) electrons. The number of hydrogen-bond acceptors (Lipinski definition) is 4. The average Bonchev–Trinajstić information content (AvgIpc) is 2.66. The number of hydrogen-bond donors (Lipinski definition) is 1. The molecule has 0 aliphatic carbocycles. The maximum absolute atomic E-state index is 10.3. The maximum atomic E-state index is 10.3. The Bertz CT molecular complexity index is 244. The number of ether oxygens (including phenoxy) is 2. The van der Waals surface area contributed by atoms with Gasteiger partial charge in [0.2, 0.25) is 0 Å². The number of methoxy groups -OCH3 is 1. The summed E-state index contributed by atoms with van der Waals surface area (Å²) < 4.78 is 10.6. The fourth-order valence-corrected chi connectivity index (χ4v) is 1.83. The first kappa shape index (κ1) is 13.0. The molecule has 1 saturated heterocycles. The van der Waals surface area contributed by atoms with Crippen LogP contribution >= 0.6 is 0 Å². The number of aliphatic carboxylic acids is 1. The van der Waals surface area contributed by atoms with Crippen molar-refractivity contribution in [3.8, 4) is 0 Å². The number of carboxylic acids is 1. The number of nitrogens with zero attached hydrogens (tertiary/aromatic N) is 1. The van der Waals surface area contributed by atoms with Crippen LogP contribution in [0.1, 0.15) is 12.8 Å². The van der Waals surface area contributed by atoms with Crippen molar-refractivity contribution in [2.45, 2.75) is 25.0 Å². The molecule has 1 aliphatic rings. The Hall–Kier alpha value is -1.07. The summed E-state index contributed by atoms with van der Waals surface area (Å²) in [5.41, 5.74) is 0. The number of likely N-dealkylation sites (tertiary alicyclic amines) is 1. The van der Waals surface area contributed by atoms with Gasteiger partial charge in [0.1, 0.15) is 0 Å². The molecule has 92 valence electrons. The summed E-state index contributed by atoms with van der Waals surface area (Å²) in [4.78, 5) is 12.4. The second kappa shape index (κ2) is 6.50. The van der Waals surface area contributed by atoms with Gasteiger partial charge in [0.25, 0.3) is 0 Å². The van der Waals surface area contributed by atoms with Gasteiger partial charge in [-0.15, -0.1) is 0 Å². The van der Waals surface area contributed by atoms with Crippen molar-refractivity contribution < 1.29 is 19.4 Å². The lowest BCUT2D eigenvalue weighted by molar-refractivity contribution is -0.138. The van der Waals surface area contributed by atoms with Crippen molar-refractivity contribution in [2.24, 2.45) is 0 Å². The van der Waals surface area contributed by atoms with Gasteiger partial charge in [-0.2, -0.15) is 0 Å². The molecule has 0 aromatic carbocycles. The van der Waals surface area contributed by atoms with Crippen LogP contribution < -0.4 is 0 Å². The van der Waals surface area contributed by atoms with E-state index in [1.54, 1.807) is 13.3 Å². The lowest BCUT2D eigenvalue weighted by atomic mass is 10.2. The monoisotopic (exact) mass is 229 g/mol. The van der Waals surface area contributed by atoms with E-state index in [4.69, 9.17) is 14.6 Å². The quantitative estimate of drug-likeness (QED) is 0.651. The fourth-order valence-electron chi connectivity index (χ4n) is 1.83. The van der Waals surface area contributed by atoms with Gasteiger partial charge in [0, 0.05) is 13.7 Å². The van der Waals surface area contributed by atoms with Crippen LogP contribution in [-0.2, 0) is 14.3 Å². The van der Waals surface area contributed by atoms with Crippen LogP contribution in [-0.4, -0.2) is 55.0 Å². The summed E-state index contributed by atoms with van der Waals surface area (Å²) in [6.45, 7) is 5.35. The van der Waals surface area contributed by atoms with E-state index in [1.165, 1.54) is 0 Å². The topological polar surface area (TPSA) is 59.0 Å². The summed E-state index contributed by atoms with van der Waals surface area (Å²) in [5.74, 6) is -0.832. The Kier molecular flexibility index (Phi) is 5.28. The van der Waals surface area contributed by atoms with E-state index in [0.29, 0.717) is 6.61 Å². The van der Waals surface area contributed by atoms with Crippen LogP contribution in [0, 0.1) is 0 Å². The highest BCUT2D eigenvalue weighted by atomic mass is 16.5. The Morgan fingerprint density at radius 3 is 3.00 bits per heavy atom. The molecule has 5 heteroatoms. The Morgan fingerprint density at radius 1 is 1.69 bits per heavy atom. The van der Waals surface area contributed by atoms with Crippen LogP contribution in [0.2, 0.25) is 0 Å². The molecular formula is C11H19NO4. The third-order valence-electron chi connectivity index (χ3n) is 2.76. The zero-order valence-corrected chi connectivity index (χ0v) is 9.59. The van der Waals surface area contributed by atoms with E-state index >= 15 is 0 Å². The first-order valence-electron chi connectivity index (χ1n) is 5.38. The van der Waals surface area contributed by atoms with Gasteiger partial charge in [-0.1, -0.05) is 6.58 Å². The zero-order valence-electron chi connectivity index (χ0n) is 9.59. The molecule has 0 amide bonds. The van der Waals surface area contributed by atoms with E-state index in [9.17, 15) is 4.79 Å². The van der Waals surface area contributed by atoms with Crippen LogP contribution in [0.5, 0.6) is 0 Å². The van der Waals surface area contributed by atoms with Gasteiger partial charge in [0.15, 0.2) is 0 Å². The second-order valence-corrected chi connectivity index (χ2v) is 3.85. The van der Waals surface area contributed by atoms with Crippen molar-refractivity contribution in [2.75, 3.05) is 26.9 Å². The molecular weight excluding hydrogens is 210 g/mol. The molecule has 0 unspecified atom stereocenters. The SMILES string of the molecule is C=CN1C[C@H](OC)C[C@H]1COCCC(=O)O. The van der Waals surface area contributed by atoms with Gasteiger partial charge < -0.3 is 19.5 Å². The van der Waals surface area contributed by atoms with Gasteiger partial charge >= 0.3 is 5.97 Å². The Labute approximate surface area is 95.6 Å². The van der Waals surface area contributed by atoms with Gasteiger partial charge in [-0.05, 0) is 12.6 Å². The van der Waals surface area contributed by atoms with Crippen LogP contribution in [0.15, 0.2) is 12.8 Å².